The number of aryl methyl sites for hydroxylation is 1. The summed E-state index contributed by atoms with van der Waals surface area (Å²) in [6.07, 6.45) is 4.10. The van der Waals surface area contributed by atoms with Crippen LogP contribution in [0, 0.1) is 0 Å². The first-order valence-corrected chi connectivity index (χ1v) is 10.3. The number of fused-ring (bicyclic) bond motifs is 1. The highest BCUT2D eigenvalue weighted by atomic mass is 79.9. The second-order valence-electron chi connectivity index (χ2n) is 6.87. The van der Waals surface area contributed by atoms with Crippen LogP contribution in [0.4, 0.5) is 0 Å². The highest BCUT2D eigenvalue weighted by Crippen LogP contribution is 2.24. The Labute approximate surface area is 181 Å². The number of rotatable bonds is 5. The van der Waals surface area contributed by atoms with Crippen LogP contribution in [0.25, 0.3) is 23.1 Å². The highest BCUT2D eigenvalue weighted by Gasteiger charge is 2.12. The van der Waals surface area contributed by atoms with E-state index in [4.69, 9.17) is 4.98 Å². The van der Waals surface area contributed by atoms with Gasteiger partial charge in [0.25, 0.3) is 5.56 Å². The second-order valence-corrected chi connectivity index (χ2v) is 7.72. The van der Waals surface area contributed by atoms with Gasteiger partial charge in [0.1, 0.15) is 17.3 Å². The fourth-order valence-electron chi connectivity index (χ4n) is 3.31. The molecule has 1 aromatic heterocycles. The molecule has 1 heterocycles. The number of benzene rings is 3. The van der Waals surface area contributed by atoms with Crippen molar-refractivity contribution in [2.75, 3.05) is 0 Å². The fourth-order valence-corrected chi connectivity index (χ4v) is 3.76. The standard InChI is InChI=1S/C24H19BrN2O3/c25-20-8-4-7-19-23(20)26-22(12-9-16-5-2-1-3-6-16)27(24(19)30)14-13-17-15-18(28)10-11-21(17)29/h1-12,15,28-29H,13-14H2/b12-9+. The number of phenols is 2. The third-order valence-corrected chi connectivity index (χ3v) is 5.50. The largest absolute Gasteiger partial charge is 0.508 e. The van der Waals surface area contributed by atoms with Crippen molar-refractivity contribution in [2.45, 2.75) is 13.0 Å². The van der Waals surface area contributed by atoms with Crippen LogP contribution >= 0.6 is 15.9 Å². The van der Waals surface area contributed by atoms with Gasteiger partial charge in [-0.1, -0.05) is 42.5 Å². The van der Waals surface area contributed by atoms with Crippen molar-refractivity contribution >= 4 is 39.0 Å². The lowest BCUT2D eigenvalue weighted by Gasteiger charge is -2.13. The molecule has 0 aliphatic heterocycles. The lowest BCUT2D eigenvalue weighted by Crippen LogP contribution is -2.25. The molecule has 30 heavy (non-hydrogen) atoms. The number of phenolic OH excluding ortho intramolecular Hbond substituents is 2. The third-order valence-electron chi connectivity index (χ3n) is 4.86. The van der Waals surface area contributed by atoms with E-state index in [9.17, 15) is 15.0 Å². The fraction of sp³-hybridized carbons (Fsp3) is 0.0833. The number of aromatic hydroxyl groups is 2. The van der Waals surface area contributed by atoms with Crippen molar-refractivity contribution in [3.8, 4) is 11.5 Å². The van der Waals surface area contributed by atoms with Crippen molar-refractivity contribution < 1.29 is 10.2 Å². The number of para-hydroxylation sites is 1. The summed E-state index contributed by atoms with van der Waals surface area (Å²) in [5, 5.41) is 20.3. The molecule has 0 saturated carbocycles. The minimum Gasteiger partial charge on any atom is -0.508 e. The third kappa shape index (κ3) is 4.14. The molecule has 0 atom stereocenters. The Balaban J connectivity index is 1.79. The molecule has 150 valence electrons. The smallest absolute Gasteiger partial charge is 0.261 e. The topological polar surface area (TPSA) is 75.4 Å². The summed E-state index contributed by atoms with van der Waals surface area (Å²) in [4.78, 5) is 18.0. The van der Waals surface area contributed by atoms with E-state index in [1.165, 1.54) is 18.2 Å². The predicted molar refractivity (Wildman–Crippen MR) is 123 cm³/mol. The van der Waals surface area contributed by atoms with Gasteiger partial charge in [0, 0.05) is 11.0 Å². The first-order chi connectivity index (χ1) is 14.5. The summed E-state index contributed by atoms with van der Waals surface area (Å²) in [5.74, 6) is 0.668. The Kier molecular flexibility index (Phi) is 5.68. The van der Waals surface area contributed by atoms with E-state index in [-0.39, 0.29) is 17.1 Å². The maximum Gasteiger partial charge on any atom is 0.261 e. The van der Waals surface area contributed by atoms with Gasteiger partial charge in [0.2, 0.25) is 0 Å². The number of nitrogens with zero attached hydrogens (tertiary/aromatic N) is 2. The molecule has 0 saturated heterocycles. The Bertz CT molecular complexity index is 1300. The van der Waals surface area contributed by atoms with Crippen LogP contribution in [-0.2, 0) is 13.0 Å². The molecule has 4 aromatic rings. The maximum absolute atomic E-state index is 13.2. The minimum absolute atomic E-state index is 0.0694. The molecule has 0 amide bonds. The summed E-state index contributed by atoms with van der Waals surface area (Å²) < 4.78 is 2.35. The zero-order chi connectivity index (χ0) is 21.1. The SMILES string of the molecule is O=c1c2cccc(Br)c2nc(/C=C/c2ccccc2)n1CCc1cc(O)ccc1O. The Morgan fingerprint density at radius 2 is 1.77 bits per heavy atom. The maximum atomic E-state index is 13.2. The van der Waals surface area contributed by atoms with Gasteiger partial charge in [-0.2, -0.15) is 0 Å². The van der Waals surface area contributed by atoms with Crippen LogP contribution in [0.3, 0.4) is 0 Å². The van der Waals surface area contributed by atoms with Gasteiger partial charge >= 0.3 is 0 Å². The Morgan fingerprint density at radius 1 is 0.967 bits per heavy atom. The predicted octanol–water partition coefficient (Wildman–Crippen LogP) is 4.98. The normalized spacial score (nSPS) is 11.4. The summed E-state index contributed by atoms with van der Waals surface area (Å²) >= 11 is 3.48. The van der Waals surface area contributed by atoms with Crippen molar-refractivity contribution in [1.29, 1.82) is 0 Å². The van der Waals surface area contributed by atoms with Crippen LogP contribution in [0.2, 0.25) is 0 Å². The average molecular weight is 463 g/mol. The molecule has 0 spiro atoms. The molecular formula is C24H19BrN2O3. The summed E-state index contributed by atoms with van der Waals surface area (Å²) in [6.45, 7) is 0.305. The summed E-state index contributed by atoms with van der Waals surface area (Å²) in [5.41, 5.74) is 2.01. The molecular weight excluding hydrogens is 444 g/mol. The van der Waals surface area contributed by atoms with Crippen LogP contribution in [0.1, 0.15) is 17.0 Å². The van der Waals surface area contributed by atoms with E-state index in [0.717, 1.165) is 10.0 Å². The highest BCUT2D eigenvalue weighted by molar-refractivity contribution is 9.10. The van der Waals surface area contributed by atoms with Gasteiger partial charge in [-0.05, 0) is 69.9 Å². The summed E-state index contributed by atoms with van der Waals surface area (Å²) in [6, 6.07) is 19.6. The molecule has 2 N–H and O–H groups in total. The van der Waals surface area contributed by atoms with E-state index in [2.05, 4.69) is 15.9 Å². The van der Waals surface area contributed by atoms with Crippen molar-refractivity contribution in [2.24, 2.45) is 0 Å². The van der Waals surface area contributed by atoms with E-state index in [0.29, 0.717) is 35.3 Å². The van der Waals surface area contributed by atoms with Crippen LogP contribution in [-0.4, -0.2) is 19.8 Å². The number of aromatic nitrogens is 2. The molecule has 6 heteroatoms. The van der Waals surface area contributed by atoms with Crippen LogP contribution in [0.5, 0.6) is 11.5 Å². The zero-order valence-corrected chi connectivity index (χ0v) is 17.6. The van der Waals surface area contributed by atoms with Crippen molar-refractivity contribution in [1.82, 2.24) is 9.55 Å². The van der Waals surface area contributed by atoms with Crippen LogP contribution < -0.4 is 5.56 Å². The lowest BCUT2D eigenvalue weighted by molar-refractivity contribution is 0.451. The quantitative estimate of drug-likeness (QED) is 0.410. The Hall–Kier alpha value is -3.38. The van der Waals surface area contributed by atoms with Gasteiger partial charge in [-0.25, -0.2) is 4.98 Å². The number of hydrogen-bond donors (Lipinski definition) is 2. The molecule has 3 aromatic carbocycles. The minimum atomic E-state index is -0.159. The molecule has 4 rings (SSSR count). The molecule has 0 aliphatic rings. The number of hydrogen-bond acceptors (Lipinski definition) is 4. The second kappa shape index (κ2) is 8.55. The van der Waals surface area contributed by atoms with E-state index in [1.54, 1.807) is 16.7 Å². The lowest BCUT2D eigenvalue weighted by atomic mass is 10.1. The molecule has 0 unspecified atom stereocenters. The van der Waals surface area contributed by atoms with Crippen LogP contribution in [0.15, 0.2) is 76.0 Å². The first-order valence-electron chi connectivity index (χ1n) is 9.46. The van der Waals surface area contributed by atoms with E-state index in [1.807, 2.05) is 48.6 Å². The number of halogens is 1. The van der Waals surface area contributed by atoms with Gasteiger partial charge in [-0.15, -0.1) is 0 Å². The van der Waals surface area contributed by atoms with Gasteiger partial charge < -0.3 is 10.2 Å². The molecule has 0 aliphatic carbocycles. The van der Waals surface area contributed by atoms with Gasteiger partial charge in [-0.3, -0.25) is 9.36 Å². The average Bonchev–Trinajstić information content (AvgIpc) is 2.75. The zero-order valence-electron chi connectivity index (χ0n) is 16.0. The summed E-state index contributed by atoms with van der Waals surface area (Å²) in [7, 11) is 0. The molecule has 0 radical (unpaired) electrons. The van der Waals surface area contributed by atoms with Crippen molar-refractivity contribution in [3.63, 3.8) is 0 Å². The molecule has 5 nitrogen and oxygen atoms in total. The molecule has 0 fully saturated rings. The molecule has 0 bridgehead atoms. The Morgan fingerprint density at radius 3 is 2.57 bits per heavy atom. The van der Waals surface area contributed by atoms with E-state index < -0.39 is 0 Å². The first kappa shape index (κ1) is 19.9. The van der Waals surface area contributed by atoms with Crippen molar-refractivity contribution in [3.05, 3.63) is 98.5 Å². The van der Waals surface area contributed by atoms with E-state index >= 15 is 0 Å². The van der Waals surface area contributed by atoms with Gasteiger partial charge in [0.05, 0.1) is 10.9 Å². The van der Waals surface area contributed by atoms with Gasteiger partial charge in [0.15, 0.2) is 0 Å². The monoisotopic (exact) mass is 462 g/mol.